The van der Waals surface area contributed by atoms with Gasteiger partial charge < -0.3 is 20.1 Å². The molecule has 8 nitrogen and oxygen atoms in total. The summed E-state index contributed by atoms with van der Waals surface area (Å²) in [6, 6.07) is 15.5. The number of aliphatic carboxylic acids is 1. The molecule has 1 amide bonds. The van der Waals surface area contributed by atoms with Gasteiger partial charge in [0.15, 0.2) is 5.78 Å². The van der Waals surface area contributed by atoms with Gasteiger partial charge in [0, 0.05) is 23.7 Å². The molecule has 2 aliphatic rings. The lowest BCUT2D eigenvalue weighted by molar-refractivity contribution is -0.136. The third kappa shape index (κ3) is 7.05. The van der Waals surface area contributed by atoms with Crippen molar-refractivity contribution >= 4 is 29.4 Å². The number of amides is 1. The van der Waals surface area contributed by atoms with Crippen LogP contribution in [0.5, 0.6) is 0 Å². The van der Waals surface area contributed by atoms with Crippen LogP contribution in [0.3, 0.4) is 0 Å². The van der Waals surface area contributed by atoms with Crippen molar-refractivity contribution < 1.29 is 24.2 Å². The van der Waals surface area contributed by atoms with Crippen LogP contribution in [0, 0.1) is 11.3 Å². The molecule has 1 aliphatic heterocycles. The molecule has 0 spiro atoms. The molecule has 0 bridgehead atoms. The van der Waals surface area contributed by atoms with E-state index in [0.717, 1.165) is 31.2 Å². The molecule has 2 aromatic carbocycles. The molecule has 0 radical (unpaired) electrons. The number of aliphatic imine (C=N–C) groups is 1. The highest BCUT2D eigenvalue weighted by molar-refractivity contribution is 5.95. The van der Waals surface area contributed by atoms with E-state index in [2.05, 4.69) is 31.0 Å². The second-order valence-corrected chi connectivity index (χ2v) is 11.6. The van der Waals surface area contributed by atoms with E-state index in [1.807, 2.05) is 24.3 Å². The number of nitrogens with zero attached hydrogens (tertiary/aromatic N) is 2. The molecule has 1 atom stereocenters. The number of carbonyl (C=O) groups is 3. The van der Waals surface area contributed by atoms with Gasteiger partial charge in [0.25, 0.3) is 11.9 Å². The summed E-state index contributed by atoms with van der Waals surface area (Å²) in [6.07, 6.45) is 4.24. The zero-order chi connectivity index (χ0) is 28.2. The fourth-order valence-corrected chi connectivity index (χ4v) is 5.57. The molecule has 208 valence electrons. The van der Waals surface area contributed by atoms with Gasteiger partial charge in [-0.25, -0.2) is 0 Å². The van der Waals surface area contributed by atoms with Gasteiger partial charge in [-0.15, -0.1) is 0 Å². The van der Waals surface area contributed by atoms with E-state index in [0.29, 0.717) is 35.4 Å². The first-order chi connectivity index (χ1) is 18.5. The Morgan fingerprint density at radius 2 is 1.72 bits per heavy atom. The van der Waals surface area contributed by atoms with Crippen LogP contribution in [0.15, 0.2) is 53.5 Å². The highest BCUT2D eigenvalue weighted by Gasteiger charge is 2.40. The molecule has 2 fully saturated rings. The number of benzene rings is 2. The quantitative estimate of drug-likeness (QED) is 0.418. The number of nitrogens with one attached hydrogen (secondary N) is 1. The van der Waals surface area contributed by atoms with Crippen LogP contribution >= 0.6 is 0 Å². The number of Topliss-reactive ketones (excluding diaryl/α,β-unsaturated/α-hetero) is 1. The minimum atomic E-state index is -0.950. The molecule has 1 saturated heterocycles. The van der Waals surface area contributed by atoms with E-state index in [1.165, 1.54) is 0 Å². The highest BCUT2D eigenvalue weighted by atomic mass is 16.5. The fourth-order valence-electron chi connectivity index (χ4n) is 5.57. The van der Waals surface area contributed by atoms with Crippen LogP contribution < -0.4 is 5.32 Å². The molecule has 2 N–H and O–H groups in total. The minimum Gasteiger partial charge on any atom is -0.481 e. The molecule has 39 heavy (non-hydrogen) atoms. The summed E-state index contributed by atoms with van der Waals surface area (Å²) in [5.41, 5.74) is 3.07. The van der Waals surface area contributed by atoms with Gasteiger partial charge >= 0.3 is 5.97 Å². The van der Waals surface area contributed by atoms with E-state index in [9.17, 15) is 14.4 Å². The topological polar surface area (TPSA) is 108 Å². The number of amidine groups is 1. The standard InChI is InChI=1S/C31H39N3O5/c1-20(35)23-6-5-7-25(18-23)33-30-34(26-14-12-24(13-15-26)31(2,3)4)27(19-39-30)21-8-10-22(11-9-21)29(38)32-17-16-28(36)37/h5-11,18,24,26-27H,12-17,19H2,1-4H3,(H,32,38)(H,36,37)/b33-30-. The van der Waals surface area contributed by atoms with Gasteiger partial charge in [0.05, 0.1) is 18.2 Å². The van der Waals surface area contributed by atoms with Crippen molar-refractivity contribution in [3.8, 4) is 0 Å². The van der Waals surface area contributed by atoms with Crippen LogP contribution in [0.4, 0.5) is 5.69 Å². The van der Waals surface area contributed by atoms with Gasteiger partial charge in [-0.05, 0) is 73.8 Å². The first-order valence-electron chi connectivity index (χ1n) is 13.7. The predicted octanol–water partition coefficient (Wildman–Crippen LogP) is 5.76. The lowest BCUT2D eigenvalue weighted by Crippen LogP contribution is -2.42. The largest absolute Gasteiger partial charge is 0.481 e. The molecule has 4 rings (SSSR count). The van der Waals surface area contributed by atoms with E-state index in [-0.39, 0.29) is 42.2 Å². The minimum absolute atomic E-state index is 0.00767. The van der Waals surface area contributed by atoms with Gasteiger partial charge in [0.2, 0.25) is 0 Å². The van der Waals surface area contributed by atoms with Crippen molar-refractivity contribution in [1.29, 1.82) is 0 Å². The first-order valence-corrected chi connectivity index (χ1v) is 13.7. The summed E-state index contributed by atoms with van der Waals surface area (Å²) < 4.78 is 6.19. The Balaban J connectivity index is 1.58. The Labute approximate surface area is 230 Å². The zero-order valence-electron chi connectivity index (χ0n) is 23.3. The number of ether oxygens (including phenoxy) is 1. The Bertz CT molecular complexity index is 1220. The van der Waals surface area contributed by atoms with Crippen molar-refractivity contribution in [2.24, 2.45) is 16.3 Å². The maximum absolute atomic E-state index is 12.4. The Morgan fingerprint density at radius 1 is 1.03 bits per heavy atom. The molecular formula is C31H39N3O5. The fraction of sp³-hybridized carbons (Fsp3) is 0.484. The van der Waals surface area contributed by atoms with E-state index >= 15 is 0 Å². The number of ketones is 1. The third-order valence-corrected chi connectivity index (χ3v) is 7.90. The van der Waals surface area contributed by atoms with Crippen molar-refractivity contribution in [3.63, 3.8) is 0 Å². The number of carboxylic acid groups (broad SMARTS) is 1. The van der Waals surface area contributed by atoms with Gasteiger partial charge in [-0.2, -0.15) is 4.99 Å². The summed E-state index contributed by atoms with van der Waals surface area (Å²) in [6.45, 7) is 9.01. The molecule has 1 unspecified atom stereocenters. The van der Waals surface area contributed by atoms with E-state index in [1.54, 1.807) is 31.2 Å². The van der Waals surface area contributed by atoms with Crippen LogP contribution in [-0.4, -0.2) is 52.9 Å². The summed E-state index contributed by atoms with van der Waals surface area (Å²) >= 11 is 0. The number of hydrogen-bond donors (Lipinski definition) is 2. The summed E-state index contributed by atoms with van der Waals surface area (Å²) in [5.74, 6) is -0.585. The SMILES string of the molecule is CC(=O)c1cccc(/N=C2\OCC(c3ccc(C(=O)NCCC(=O)O)cc3)N2C2CCC(C(C)(C)C)CC2)c1. The average molecular weight is 534 g/mol. The number of rotatable bonds is 8. The average Bonchev–Trinajstić information content (AvgIpc) is 3.31. The monoisotopic (exact) mass is 533 g/mol. The maximum Gasteiger partial charge on any atom is 0.305 e. The predicted molar refractivity (Wildman–Crippen MR) is 150 cm³/mol. The Kier molecular flexibility index (Phi) is 8.73. The maximum atomic E-state index is 12.4. The molecule has 0 aromatic heterocycles. The van der Waals surface area contributed by atoms with Crippen molar-refractivity contribution in [2.45, 2.75) is 71.9 Å². The van der Waals surface area contributed by atoms with E-state index in [4.69, 9.17) is 14.8 Å². The lowest BCUT2D eigenvalue weighted by atomic mass is 9.71. The van der Waals surface area contributed by atoms with Gasteiger partial charge in [-0.1, -0.05) is 45.0 Å². The normalized spacial score (nSPS) is 22.4. The number of carbonyl (C=O) groups excluding carboxylic acids is 2. The van der Waals surface area contributed by atoms with Crippen LogP contribution in [0.1, 0.15) is 92.1 Å². The molecule has 1 heterocycles. The molecule has 8 heteroatoms. The lowest BCUT2D eigenvalue weighted by Gasteiger charge is -2.41. The summed E-state index contributed by atoms with van der Waals surface area (Å²) in [4.78, 5) is 42.2. The third-order valence-electron chi connectivity index (χ3n) is 7.90. The number of carboxylic acids is 1. The van der Waals surface area contributed by atoms with Crippen LogP contribution in [0.25, 0.3) is 0 Å². The molecule has 1 aliphatic carbocycles. The zero-order valence-corrected chi connectivity index (χ0v) is 23.3. The van der Waals surface area contributed by atoms with Gasteiger partial charge in [-0.3, -0.25) is 14.4 Å². The molecular weight excluding hydrogens is 494 g/mol. The van der Waals surface area contributed by atoms with Crippen molar-refractivity contribution in [2.75, 3.05) is 13.2 Å². The molecule has 2 aromatic rings. The number of hydrogen-bond acceptors (Lipinski definition) is 5. The summed E-state index contributed by atoms with van der Waals surface area (Å²) in [5, 5.41) is 11.4. The Morgan fingerprint density at radius 3 is 2.33 bits per heavy atom. The smallest absolute Gasteiger partial charge is 0.305 e. The van der Waals surface area contributed by atoms with Crippen molar-refractivity contribution in [3.05, 3.63) is 65.2 Å². The highest BCUT2D eigenvalue weighted by Crippen LogP contribution is 2.42. The van der Waals surface area contributed by atoms with Crippen LogP contribution in [-0.2, 0) is 9.53 Å². The molecule has 1 saturated carbocycles. The van der Waals surface area contributed by atoms with Crippen LogP contribution in [0.2, 0.25) is 0 Å². The second-order valence-electron chi connectivity index (χ2n) is 11.6. The summed E-state index contributed by atoms with van der Waals surface area (Å²) in [7, 11) is 0. The Hall–Kier alpha value is -3.68. The second kappa shape index (κ2) is 12.0. The van der Waals surface area contributed by atoms with E-state index < -0.39 is 5.97 Å². The van der Waals surface area contributed by atoms with Crippen molar-refractivity contribution in [1.82, 2.24) is 10.2 Å². The van der Waals surface area contributed by atoms with Gasteiger partial charge in [0.1, 0.15) is 6.61 Å². The first kappa shape index (κ1) is 28.3.